The zero-order valence-corrected chi connectivity index (χ0v) is 9.93. The summed E-state index contributed by atoms with van der Waals surface area (Å²) in [5.74, 6) is -4.57. The average molecular weight is 299 g/mol. The highest BCUT2D eigenvalue weighted by molar-refractivity contribution is 6.32. The van der Waals surface area contributed by atoms with Gasteiger partial charge in [0.1, 0.15) is 17.5 Å². The molecule has 1 aromatic rings. The number of carboxylic acids is 1. The molecule has 0 spiro atoms. The summed E-state index contributed by atoms with van der Waals surface area (Å²) in [5, 5.41) is 8.52. The quantitative estimate of drug-likeness (QED) is 0.811. The molecule has 1 heterocycles. The number of alkyl halides is 3. The summed E-state index contributed by atoms with van der Waals surface area (Å²) in [4.78, 5) is 10.9. The van der Waals surface area contributed by atoms with Crippen LogP contribution in [0.4, 0.5) is 17.6 Å². The summed E-state index contributed by atoms with van der Waals surface area (Å²) in [6.07, 6.45) is -7.84. The molecular formula is C11H7ClF4O3. The number of rotatable bonds is 1. The van der Waals surface area contributed by atoms with Gasteiger partial charge in [0, 0.05) is 0 Å². The van der Waals surface area contributed by atoms with Crippen LogP contribution in [0.2, 0.25) is 5.02 Å². The molecule has 0 fully saturated rings. The highest BCUT2D eigenvalue weighted by Crippen LogP contribution is 2.42. The van der Waals surface area contributed by atoms with Crippen LogP contribution in [0.25, 0.3) is 0 Å². The van der Waals surface area contributed by atoms with E-state index in [4.69, 9.17) is 16.7 Å². The van der Waals surface area contributed by atoms with Gasteiger partial charge in [-0.1, -0.05) is 11.6 Å². The normalized spacial score (nSPS) is 22.6. The van der Waals surface area contributed by atoms with Crippen molar-refractivity contribution in [2.24, 2.45) is 5.92 Å². The first-order valence-corrected chi connectivity index (χ1v) is 5.52. The summed E-state index contributed by atoms with van der Waals surface area (Å²) in [7, 11) is 0. The van der Waals surface area contributed by atoms with Gasteiger partial charge in [0.2, 0.25) is 6.10 Å². The van der Waals surface area contributed by atoms with Crippen LogP contribution in [0, 0.1) is 11.7 Å². The molecule has 0 aromatic heterocycles. The molecule has 0 aliphatic carbocycles. The van der Waals surface area contributed by atoms with E-state index in [1.165, 1.54) is 0 Å². The minimum Gasteiger partial charge on any atom is -0.481 e. The van der Waals surface area contributed by atoms with E-state index in [-0.39, 0.29) is 16.3 Å². The third kappa shape index (κ3) is 2.60. The number of hydrogen-bond donors (Lipinski definition) is 1. The van der Waals surface area contributed by atoms with Gasteiger partial charge < -0.3 is 9.84 Å². The molecule has 0 amide bonds. The maximum absolute atomic E-state index is 13.1. The van der Waals surface area contributed by atoms with E-state index in [9.17, 15) is 22.4 Å². The van der Waals surface area contributed by atoms with Crippen molar-refractivity contribution >= 4 is 17.6 Å². The van der Waals surface area contributed by atoms with Gasteiger partial charge >= 0.3 is 12.1 Å². The third-order valence-corrected chi connectivity index (χ3v) is 3.06. The van der Waals surface area contributed by atoms with Crippen LogP contribution in [-0.2, 0) is 11.2 Å². The fourth-order valence-corrected chi connectivity index (χ4v) is 2.23. The fraction of sp³-hybridized carbons (Fsp3) is 0.364. The Morgan fingerprint density at radius 1 is 1.42 bits per heavy atom. The van der Waals surface area contributed by atoms with E-state index in [0.717, 1.165) is 12.1 Å². The maximum Gasteiger partial charge on any atom is 0.426 e. The first-order valence-electron chi connectivity index (χ1n) is 5.14. The minimum atomic E-state index is -4.85. The third-order valence-electron chi connectivity index (χ3n) is 2.78. The topological polar surface area (TPSA) is 46.5 Å². The number of carboxylic acid groups (broad SMARTS) is 1. The predicted octanol–water partition coefficient (Wildman–Crippen LogP) is 3.05. The first-order chi connectivity index (χ1) is 8.70. The Morgan fingerprint density at radius 3 is 2.58 bits per heavy atom. The second-order valence-electron chi connectivity index (χ2n) is 4.10. The molecule has 3 nitrogen and oxygen atoms in total. The second-order valence-corrected chi connectivity index (χ2v) is 4.51. The lowest BCUT2D eigenvalue weighted by molar-refractivity contribution is -0.217. The van der Waals surface area contributed by atoms with Crippen molar-refractivity contribution in [1.29, 1.82) is 0 Å². The molecule has 1 aliphatic rings. The van der Waals surface area contributed by atoms with Gasteiger partial charge in [-0.15, -0.1) is 0 Å². The van der Waals surface area contributed by atoms with Crippen LogP contribution >= 0.6 is 11.6 Å². The summed E-state index contributed by atoms with van der Waals surface area (Å²) >= 11 is 5.61. The molecule has 2 atom stereocenters. The number of carbonyl (C=O) groups is 1. The second kappa shape index (κ2) is 4.56. The van der Waals surface area contributed by atoms with Crippen LogP contribution < -0.4 is 4.74 Å². The van der Waals surface area contributed by atoms with Crippen molar-refractivity contribution in [3.63, 3.8) is 0 Å². The summed E-state index contributed by atoms with van der Waals surface area (Å²) in [5.41, 5.74) is 0.0119. The lowest BCUT2D eigenvalue weighted by Crippen LogP contribution is -2.47. The van der Waals surface area contributed by atoms with Gasteiger partial charge in [0.15, 0.2) is 0 Å². The molecular weight excluding hydrogens is 292 g/mol. The van der Waals surface area contributed by atoms with Crippen LogP contribution in [0.3, 0.4) is 0 Å². The van der Waals surface area contributed by atoms with Gasteiger partial charge in [0.25, 0.3) is 0 Å². The monoisotopic (exact) mass is 298 g/mol. The van der Waals surface area contributed by atoms with Gasteiger partial charge in [-0.2, -0.15) is 13.2 Å². The van der Waals surface area contributed by atoms with E-state index >= 15 is 0 Å². The minimum absolute atomic E-state index is 0.0119. The highest BCUT2D eigenvalue weighted by Gasteiger charge is 2.52. The molecule has 1 aliphatic heterocycles. The van der Waals surface area contributed by atoms with E-state index in [0.29, 0.717) is 0 Å². The van der Waals surface area contributed by atoms with E-state index in [1.807, 2.05) is 0 Å². The highest BCUT2D eigenvalue weighted by atomic mass is 35.5. The number of hydrogen-bond acceptors (Lipinski definition) is 2. The number of halogens is 5. The lowest BCUT2D eigenvalue weighted by Gasteiger charge is -2.32. The van der Waals surface area contributed by atoms with Crippen molar-refractivity contribution in [3.8, 4) is 5.75 Å². The molecule has 2 rings (SSSR count). The molecule has 1 aromatic carbocycles. The van der Waals surface area contributed by atoms with Crippen molar-refractivity contribution in [3.05, 3.63) is 28.5 Å². The van der Waals surface area contributed by atoms with Gasteiger partial charge in [-0.3, -0.25) is 4.79 Å². The predicted molar refractivity (Wildman–Crippen MR) is 56.7 cm³/mol. The summed E-state index contributed by atoms with van der Waals surface area (Å²) < 4.78 is 56.0. The maximum atomic E-state index is 13.1. The van der Waals surface area contributed by atoms with Gasteiger partial charge in [-0.25, -0.2) is 4.39 Å². The van der Waals surface area contributed by atoms with E-state index in [2.05, 4.69) is 4.74 Å². The Labute approximate surface area is 109 Å². The van der Waals surface area contributed by atoms with E-state index in [1.54, 1.807) is 0 Å². The molecule has 8 heteroatoms. The molecule has 104 valence electrons. The number of ether oxygens (including phenoxy) is 1. The largest absolute Gasteiger partial charge is 0.481 e. The Morgan fingerprint density at radius 2 is 2.05 bits per heavy atom. The Balaban J connectivity index is 2.48. The number of aliphatic carboxylic acids is 1. The van der Waals surface area contributed by atoms with Crippen LogP contribution in [-0.4, -0.2) is 23.4 Å². The Bertz CT molecular complexity index is 529. The summed E-state index contributed by atoms with van der Waals surface area (Å²) in [6, 6.07) is 1.73. The van der Waals surface area contributed by atoms with Gasteiger partial charge in [0.05, 0.1) is 5.02 Å². The van der Waals surface area contributed by atoms with Crippen LogP contribution in [0.15, 0.2) is 12.1 Å². The first kappa shape index (κ1) is 13.9. The molecule has 2 unspecified atom stereocenters. The average Bonchev–Trinajstić information content (AvgIpc) is 2.25. The SMILES string of the molecule is O=C(O)C1Cc2cc(F)cc(Cl)c2OC1C(F)(F)F. The van der Waals surface area contributed by atoms with Crippen molar-refractivity contribution in [2.75, 3.05) is 0 Å². The standard InChI is InChI=1S/C11H7ClF4O3/c12-7-3-5(13)1-4-2-6(10(17)18)9(11(14,15)16)19-8(4)7/h1,3,6,9H,2H2,(H,17,18). The number of benzene rings is 1. The van der Waals surface area contributed by atoms with Crippen molar-refractivity contribution in [1.82, 2.24) is 0 Å². The van der Waals surface area contributed by atoms with Crippen LogP contribution in [0.5, 0.6) is 5.75 Å². The lowest BCUT2D eigenvalue weighted by atomic mass is 9.90. The number of fused-ring (bicyclic) bond motifs is 1. The molecule has 0 bridgehead atoms. The molecule has 19 heavy (non-hydrogen) atoms. The molecule has 1 N–H and O–H groups in total. The molecule has 0 radical (unpaired) electrons. The van der Waals surface area contributed by atoms with Crippen molar-refractivity contribution < 1.29 is 32.2 Å². The Hall–Kier alpha value is -1.50. The van der Waals surface area contributed by atoms with E-state index < -0.39 is 36.4 Å². The van der Waals surface area contributed by atoms with Gasteiger partial charge in [-0.05, 0) is 24.1 Å². The van der Waals surface area contributed by atoms with Crippen LogP contribution in [0.1, 0.15) is 5.56 Å². The Kier molecular flexibility index (Phi) is 3.34. The molecule has 0 saturated heterocycles. The smallest absolute Gasteiger partial charge is 0.426 e. The fourth-order valence-electron chi connectivity index (χ4n) is 1.96. The zero-order chi connectivity index (χ0) is 14.4. The molecule has 0 saturated carbocycles. The van der Waals surface area contributed by atoms with Crippen molar-refractivity contribution in [2.45, 2.75) is 18.7 Å². The zero-order valence-electron chi connectivity index (χ0n) is 9.17. The summed E-state index contributed by atoms with van der Waals surface area (Å²) in [6.45, 7) is 0.